The van der Waals surface area contributed by atoms with E-state index in [1.54, 1.807) is 11.8 Å². The van der Waals surface area contributed by atoms with E-state index in [1.807, 2.05) is 42.5 Å². The number of hydrogen-bond acceptors (Lipinski definition) is 4. The number of carbonyl (C=O) groups is 2. The highest BCUT2D eigenvalue weighted by atomic mass is 32.2. The molecule has 0 aliphatic carbocycles. The summed E-state index contributed by atoms with van der Waals surface area (Å²) in [7, 11) is 2.03. The van der Waals surface area contributed by atoms with E-state index >= 15 is 0 Å². The molecule has 1 aromatic carbocycles. The summed E-state index contributed by atoms with van der Waals surface area (Å²) >= 11 is 1.59. The molecule has 0 aromatic heterocycles. The standard InChI is InChI=1S/C18H25N3O2S/c1-20-11-5-10-19-17(23)18(20)8-12-21(13-9-18)16(22)14-6-3-4-7-15(14)24-2/h3-4,6-7H,5,8-13H2,1-2H3,(H,19,23). The van der Waals surface area contributed by atoms with Gasteiger partial charge < -0.3 is 10.2 Å². The predicted octanol–water partition coefficient (Wildman–Crippen LogP) is 1.83. The lowest BCUT2D eigenvalue weighted by atomic mass is 9.85. The first-order chi connectivity index (χ1) is 11.6. The lowest BCUT2D eigenvalue weighted by molar-refractivity contribution is -0.134. The van der Waals surface area contributed by atoms with Crippen molar-refractivity contribution in [2.75, 3.05) is 39.5 Å². The van der Waals surface area contributed by atoms with Crippen molar-refractivity contribution in [3.8, 4) is 0 Å². The molecule has 6 heteroatoms. The van der Waals surface area contributed by atoms with Gasteiger partial charge in [-0.25, -0.2) is 0 Å². The van der Waals surface area contributed by atoms with Gasteiger partial charge in [0.15, 0.2) is 0 Å². The average Bonchev–Trinajstić information content (AvgIpc) is 2.76. The van der Waals surface area contributed by atoms with E-state index in [0.29, 0.717) is 25.9 Å². The quantitative estimate of drug-likeness (QED) is 0.830. The van der Waals surface area contributed by atoms with Gasteiger partial charge in [0.1, 0.15) is 5.54 Å². The van der Waals surface area contributed by atoms with Crippen LogP contribution >= 0.6 is 11.8 Å². The van der Waals surface area contributed by atoms with Gasteiger partial charge in [-0.05, 0) is 44.7 Å². The molecule has 1 spiro atoms. The lowest BCUT2D eigenvalue weighted by Crippen LogP contribution is -2.61. The van der Waals surface area contributed by atoms with Gasteiger partial charge >= 0.3 is 0 Å². The normalized spacial score (nSPS) is 21.4. The molecule has 0 bridgehead atoms. The Morgan fingerprint density at radius 3 is 2.62 bits per heavy atom. The molecule has 0 unspecified atom stereocenters. The molecule has 24 heavy (non-hydrogen) atoms. The van der Waals surface area contributed by atoms with Gasteiger partial charge in [0, 0.05) is 31.1 Å². The fourth-order valence-electron chi connectivity index (χ4n) is 3.75. The number of hydrogen-bond donors (Lipinski definition) is 1. The smallest absolute Gasteiger partial charge is 0.254 e. The van der Waals surface area contributed by atoms with Crippen LogP contribution in [0.3, 0.4) is 0 Å². The lowest BCUT2D eigenvalue weighted by Gasteiger charge is -2.45. The van der Waals surface area contributed by atoms with Crippen molar-refractivity contribution in [1.29, 1.82) is 0 Å². The minimum absolute atomic E-state index is 0.0754. The molecule has 0 radical (unpaired) electrons. The maximum Gasteiger partial charge on any atom is 0.254 e. The molecule has 2 fully saturated rings. The minimum atomic E-state index is -0.452. The molecule has 2 heterocycles. The van der Waals surface area contributed by atoms with Crippen LogP contribution in [0.1, 0.15) is 29.6 Å². The first-order valence-electron chi connectivity index (χ1n) is 8.50. The van der Waals surface area contributed by atoms with E-state index in [9.17, 15) is 9.59 Å². The number of likely N-dealkylation sites (tertiary alicyclic amines) is 1. The van der Waals surface area contributed by atoms with Crippen LogP contribution in [0.25, 0.3) is 0 Å². The van der Waals surface area contributed by atoms with E-state index in [0.717, 1.165) is 30.0 Å². The fourth-order valence-corrected chi connectivity index (χ4v) is 4.34. The Labute approximate surface area is 147 Å². The van der Waals surface area contributed by atoms with E-state index in [-0.39, 0.29) is 11.8 Å². The van der Waals surface area contributed by atoms with Crippen molar-refractivity contribution in [1.82, 2.24) is 15.1 Å². The van der Waals surface area contributed by atoms with Gasteiger partial charge in [-0.3, -0.25) is 14.5 Å². The van der Waals surface area contributed by atoms with Gasteiger partial charge in [0.2, 0.25) is 5.91 Å². The van der Waals surface area contributed by atoms with Crippen LogP contribution in [0.15, 0.2) is 29.2 Å². The Kier molecular flexibility index (Phi) is 5.15. The summed E-state index contributed by atoms with van der Waals surface area (Å²) in [5.41, 5.74) is 0.311. The maximum absolute atomic E-state index is 12.9. The van der Waals surface area contributed by atoms with E-state index < -0.39 is 5.54 Å². The summed E-state index contributed by atoms with van der Waals surface area (Å²) in [4.78, 5) is 30.6. The first-order valence-corrected chi connectivity index (χ1v) is 9.73. The van der Waals surface area contributed by atoms with Gasteiger partial charge in [-0.2, -0.15) is 0 Å². The van der Waals surface area contributed by atoms with Crippen LogP contribution in [-0.4, -0.2) is 66.6 Å². The highest BCUT2D eigenvalue weighted by Crippen LogP contribution is 2.31. The van der Waals surface area contributed by atoms with Crippen molar-refractivity contribution in [3.05, 3.63) is 29.8 Å². The molecule has 1 aromatic rings. The third-order valence-electron chi connectivity index (χ3n) is 5.32. The molecule has 5 nitrogen and oxygen atoms in total. The topological polar surface area (TPSA) is 52.7 Å². The minimum Gasteiger partial charge on any atom is -0.354 e. The van der Waals surface area contributed by atoms with Crippen molar-refractivity contribution in [2.45, 2.75) is 29.7 Å². The predicted molar refractivity (Wildman–Crippen MR) is 96.3 cm³/mol. The van der Waals surface area contributed by atoms with E-state index in [1.165, 1.54) is 0 Å². The number of likely N-dealkylation sites (N-methyl/N-ethyl adjacent to an activating group) is 1. The summed E-state index contributed by atoms with van der Waals surface area (Å²) in [5.74, 6) is 0.200. The molecule has 0 atom stereocenters. The van der Waals surface area contributed by atoms with Crippen molar-refractivity contribution < 1.29 is 9.59 Å². The molecule has 2 amide bonds. The maximum atomic E-state index is 12.9. The Bertz CT molecular complexity index is 626. The Hall–Kier alpha value is -1.53. The van der Waals surface area contributed by atoms with Crippen LogP contribution in [0.4, 0.5) is 0 Å². The highest BCUT2D eigenvalue weighted by molar-refractivity contribution is 7.98. The molecular weight excluding hydrogens is 322 g/mol. The molecule has 0 saturated carbocycles. The van der Waals surface area contributed by atoms with E-state index in [4.69, 9.17) is 0 Å². The summed E-state index contributed by atoms with van der Waals surface area (Å²) in [6, 6.07) is 7.74. The Morgan fingerprint density at radius 1 is 1.21 bits per heavy atom. The van der Waals surface area contributed by atoms with Crippen LogP contribution < -0.4 is 5.32 Å². The number of thioether (sulfide) groups is 1. The Balaban J connectivity index is 1.74. The summed E-state index contributed by atoms with van der Waals surface area (Å²) in [5, 5.41) is 3.04. The van der Waals surface area contributed by atoms with Gasteiger partial charge in [-0.15, -0.1) is 11.8 Å². The number of amides is 2. The zero-order valence-electron chi connectivity index (χ0n) is 14.4. The molecule has 3 rings (SSSR count). The number of carbonyl (C=O) groups excluding carboxylic acids is 2. The van der Waals surface area contributed by atoms with Gasteiger partial charge in [-0.1, -0.05) is 12.1 Å². The van der Waals surface area contributed by atoms with Gasteiger partial charge in [0.25, 0.3) is 5.91 Å². The van der Waals surface area contributed by atoms with Crippen molar-refractivity contribution in [2.24, 2.45) is 0 Å². The summed E-state index contributed by atoms with van der Waals surface area (Å²) in [6.07, 6.45) is 4.36. The Morgan fingerprint density at radius 2 is 1.92 bits per heavy atom. The van der Waals surface area contributed by atoms with Crippen LogP contribution in [-0.2, 0) is 4.79 Å². The number of rotatable bonds is 2. The molecule has 2 saturated heterocycles. The zero-order chi connectivity index (χ0) is 17.2. The van der Waals surface area contributed by atoms with E-state index in [2.05, 4.69) is 10.2 Å². The third kappa shape index (κ3) is 3.05. The fraction of sp³-hybridized carbons (Fsp3) is 0.556. The number of piperidine rings is 1. The second kappa shape index (κ2) is 7.15. The largest absolute Gasteiger partial charge is 0.354 e. The number of nitrogens with zero attached hydrogens (tertiary/aromatic N) is 2. The molecule has 2 aliphatic rings. The summed E-state index contributed by atoms with van der Waals surface area (Å²) < 4.78 is 0. The molecule has 130 valence electrons. The molecular formula is C18H25N3O2S. The van der Waals surface area contributed by atoms with Crippen LogP contribution in [0.2, 0.25) is 0 Å². The SMILES string of the molecule is CSc1ccccc1C(=O)N1CCC2(CC1)C(=O)NCCCN2C. The monoisotopic (exact) mass is 347 g/mol. The third-order valence-corrected chi connectivity index (χ3v) is 6.12. The number of benzene rings is 1. The average molecular weight is 347 g/mol. The van der Waals surface area contributed by atoms with Crippen molar-refractivity contribution in [3.63, 3.8) is 0 Å². The molecule has 1 N–H and O–H groups in total. The van der Waals surface area contributed by atoms with Crippen LogP contribution in [0, 0.1) is 0 Å². The zero-order valence-corrected chi connectivity index (χ0v) is 15.2. The second-order valence-electron chi connectivity index (χ2n) is 6.56. The summed E-state index contributed by atoms with van der Waals surface area (Å²) in [6.45, 7) is 2.91. The first kappa shape index (κ1) is 17.3. The van der Waals surface area contributed by atoms with Crippen molar-refractivity contribution >= 4 is 23.6 Å². The van der Waals surface area contributed by atoms with Crippen LogP contribution in [0.5, 0.6) is 0 Å². The number of nitrogens with one attached hydrogen (secondary N) is 1. The van der Waals surface area contributed by atoms with Gasteiger partial charge in [0.05, 0.1) is 5.56 Å². The highest BCUT2D eigenvalue weighted by Gasteiger charge is 2.46. The molecule has 2 aliphatic heterocycles. The second-order valence-corrected chi connectivity index (χ2v) is 7.40.